The van der Waals surface area contributed by atoms with Crippen LogP contribution in [0.1, 0.15) is 48.9 Å². The lowest BCUT2D eigenvalue weighted by atomic mass is 10.1. The first-order chi connectivity index (χ1) is 11.7. The molecule has 3 rings (SSSR count). The SMILES string of the molecule is COCc1nc2n(n1)CCC[C@@H]2NC(=O)NC[C@H](C)c1ccsc1. The van der Waals surface area contributed by atoms with E-state index in [4.69, 9.17) is 4.74 Å². The molecule has 0 aromatic carbocycles. The van der Waals surface area contributed by atoms with Crippen LogP contribution in [-0.4, -0.2) is 34.5 Å². The lowest BCUT2D eigenvalue weighted by molar-refractivity contribution is 0.177. The fraction of sp³-hybridized carbons (Fsp3) is 0.562. The van der Waals surface area contributed by atoms with E-state index in [1.54, 1.807) is 18.4 Å². The van der Waals surface area contributed by atoms with Crippen LogP contribution in [0.15, 0.2) is 16.8 Å². The minimum atomic E-state index is -0.160. The van der Waals surface area contributed by atoms with Crippen LogP contribution in [0.2, 0.25) is 0 Å². The van der Waals surface area contributed by atoms with Crippen LogP contribution < -0.4 is 10.6 Å². The molecule has 0 unspecified atom stereocenters. The zero-order chi connectivity index (χ0) is 16.9. The number of rotatable bonds is 6. The largest absolute Gasteiger partial charge is 0.377 e. The van der Waals surface area contributed by atoms with E-state index in [0.717, 1.165) is 25.2 Å². The summed E-state index contributed by atoms with van der Waals surface area (Å²) in [5.74, 6) is 1.77. The van der Waals surface area contributed by atoms with E-state index in [0.29, 0.717) is 24.9 Å². The summed E-state index contributed by atoms with van der Waals surface area (Å²) in [5, 5.41) is 14.6. The second-order valence-corrected chi connectivity index (χ2v) is 6.83. The van der Waals surface area contributed by atoms with Gasteiger partial charge in [0.25, 0.3) is 0 Å². The van der Waals surface area contributed by atoms with E-state index in [2.05, 4.69) is 44.5 Å². The highest BCUT2D eigenvalue weighted by molar-refractivity contribution is 7.07. The molecule has 8 heteroatoms. The van der Waals surface area contributed by atoms with Gasteiger partial charge in [-0.1, -0.05) is 6.92 Å². The summed E-state index contributed by atoms with van der Waals surface area (Å²) in [5.41, 5.74) is 1.25. The van der Waals surface area contributed by atoms with E-state index < -0.39 is 0 Å². The lowest BCUT2D eigenvalue weighted by Crippen LogP contribution is -2.41. The topological polar surface area (TPSA) is 81.1 Å². The summed E-state index contributed by atoms with van der Waals surface area (Å²) in [6.07, 6.45) is 1.84. The fourth-order valence-electron chi connectivity index (χ4n) is 2.85. The molecule has 2 aromatic heterocycles. The van der Waals surface area contributed by atoms with Gasteiger partial charge in [0.15, 0.2) is 5.82 Å². The van der Waals surface area contributed by atoms with Crippen LogP contribution in [0.4, 0.5) is 4.79 Å². The van der Waals surface area contributed by atoms with Crippen LogP contribution in [0.3, 0.4) is 0 Å². The van der Waals surface area contributed by atoms with Crippen LogP contribution in [0.5, 0.6) is 0 Å². The van der Waals surface area contributed by atoms with Crippen molar-refractivity contribution in [1.82, 2.24) is 25.4 Å². The molecule has 24 heavy (non-hydrogen) atoms. The predicted octanol–water partition coefficient (Wildman–Crippen LogP) is 2.42. The molecule has 130 valence electrons. The first-order valence-electron chi connectivity index (χ1n) is 8.16. The molecule has 1 aliphatic heterocycles. The Morgan fingerprint density at radius 2 is 2.46 bits per heavy atom. The first-order valence-corrected chi connectivity index (χ1v) is 9.10. The molecule has 0 radical (unpaired) electrons. The number of urea groups is 1. The summed E-state index contributed by atoms with van der Waals surface area (Å²) in [6.45, 7) is 3.94. The molecule has 0 aliphatic carbocycles. The third-order valence-corrected chi connectivity index (χ3v) is 4.88. The number of fused-ring (bicyclic) bond motifs is 1. The van der Waals surface area contributed by atoms with Crippen LogP contribution in [0, 0.1) is 0 Å². The van der Waals surface area contributed by atoms with Gasteiger partial charge in [0.2, 0.25) is 0 Å². The zero-order valence-corrected chi connectivity index (χ0v) is 14.8. The highest BCUT2D eigenvalue weighted by Gasteiger charge is 2.25. The van der Waals surface area contributed by atoms with Crippen LogP contribution >= 0.6 is 11.3 Å². The Bertz CT molecular complexity index is 670. The first kappa shape index (κ1) is 16.9. The van der Waals surface area contributed by atoms with Crippen molar-refractivity contribution in [2.75, 3.05) is 13.7 Å². The van der Waals surface area contributed by atoms with Gasteiger partial charge in [0.05, 0.1) is 6.04 Å². The van der Waals surface area contributed by atoms with Crippen molar-refractivity contribution in [3.05, 3.63) is 34.0 Å². The number of carbonyl (C=O) groups excluding carboxylic acids is 1. The Labute approximate surface area is 145 Å². The van der Waals surface area contributed by atoms with Gasteiger partial charge >= 0.3 is 6.03 Å². The molecule has 3 heterocycles. The van der Waals surface area contributed by atoms with Crippen molar-refractivity contribution >= 4 is 17.4 Å². The molecule has 0 bridgehead atoms. The van der Waals surface area contributed by atoms with E-state index in [1.807, 2.05) is 4.68 Å². The number of amides is 2. The zero-order valence-electron chi connectivity index (χ0n) is 14.0. The van der Waals surface area contributed by atoms with Gasteiger partial charge < -0.3 is 15.4 Å². The van der Waals surface area contributed by atoms with Crippen LogP contribution in [0.25, 0.3) is 0 Å². The maximum absolute atomic E-state index is 12.2. The Morgan fingerprint density at radius 1 is 1.58 bits per heavy atom. The molecule has 2 aromatic rings. The molecule has 0 saturated heterocycles. The number of aromatic nitrogens is 3. The van der Waals surface area contributed by atoms with Crippen molar-refractivity contribution < 1.29 is 9.53 Å². The number of aryl methyl sites for hydroxylation is 1. The smallest absolute Gasteiger partial charge is 0.315 e. The standard InChI is InChI=1S/C16H23N5O2S/c1-11(12-5-7-24-10-12)8-17-16(22)18-13-4-3-6-21-15(13)19-14(20-21)9-23-2/h5,7,10-11,13H,3-4,6,8-9H2,1-2H3,(H2,17,18,22)/t11-,13-/m0/s1. The van der Waals surface area contributed by atoms with E-state index in [-0.39, 0.29) is 12.1 Å². The molecule has 0 saturated carbocycles. The minimum Gasteiger partial charge on any atom is -0.377 e. The Balaban J connectivity index is 1.55. The third kappa shape index (κ3) is 3.93. The van der Waals surface area contributed by atoms with Gasteiger partial charge in [0.1, 0.15) is 12.4 Å². The number of carbonyl (C=O) groups is 1. The molecule has 2 N–H and O–H groups in total. The maximum Gasteiger partial charge on any atom is 0.315 e. The molecule has 2 amide bonds. The molecular weight excluding hydrogens is 326 g/mol. The lowest BCUT2D eigenvalue weighted by Gasteiger charge is -2.23. The number of hydrogen-bond donors (Lipinski definition) is 2. The van der Waals surface area contributed by atoms with E-state index >= 15 is 0 Å². The minimum absolute atomic E-state index is 0.103. The highest BCUT2D eigenvalue weighted by Crippen LogP contribution is 2.23. The molecular formula is C16H23N5O2S. The quantitative estimate of drug-likeness (QED) is 0.839. The van der Waals surface area contributed by atoms with Crippen molar-refractivity contribution in [1.29, 1.82) is 0 Å². The van der Waals surface area contributed by atoms with Crippen molar-refractivity contribution in [3.8, 4) is 0 Å². The summed E-state index contributed by atoms with van der Waals surface area (Å²) in [6, 6.07) is 1.83. The maximum atomic E-state index is 12.2. The van der Waals surface area contributed by atoms with Gasteiger partial charge in [-0.3, -0.25) is 0 Å². The number of hydrogen-bond acceptors (Lipinski definition) is 5. The molecule has 1 aliphatic rings. The second kappa shape index (κ2) is 7.76. The van der Waals surface area contributed by atoms with Crippen LogP contribution in [-0.2, 0) is 17.9 Å². The van der Waals surface area contributed by atoms with Gasteiger partial charge in [0, 0.05) is 20.2 Å². The molecule has 0 fully saturated rings. The van der Waals surface area contributed by atoms with Crippen molar-refractivity contribution in [2.45, 2.75) is 44.9 Å². The number of nitrogens with one attached hydrogen (secondary N) is 2. The van der Waals surface area contributed by atoms with E-state index in [9.17, 15) is 4.79 Å². The summed E-state index contributed by atoms with van der Waals surface area (Å²) in [7, 11) is 1.62. The Hall–Kier alpha value is -1.93. The number of methoxy groups -OCH3 is 1. The normalized spacial score (nSPS) is 18.0. The van der Waals surface area contributed by atoms with Gasteiger partial charge in [-0.15, -0.1) is 0 Å². The summed E-state index contributed by atoms with van der Waals surface area (Å²) < 4.78 is 6.96. The second-order valence-electron chi connectivity index (χ2n) is 6.05. The van der Waals surface area contributed by atoms with Gasteiger partial charge in [-0.25, -0.2) is 14.5 Å². The van der Waals surface area contributed by atoms with Gasteiger partial charge in [-0.05, 0) is 41.1 Å². The Morgan fingerprint density at radius 3 is 3.21 bits per heavy atom. The fourth-order valence-corrected chi connectivity index (χ4v) is 3.64. The molecule has 7 nitrogen and oxygen atoms in total. The van der Waals surface area contributed by atoms with Crippen molar-refractivity contribution in [2.24, 2.45) is 0 Å². The molecule has 0 spiro atoms. The molecule has 2 atom stereocenters. The average molecular weight is 349 g/mol. The predicted molar refractivity (Wildman–Crippen MR) is 92.0 cm³/mol. The average Bonchev–Trinajstić information content (AvgIpc) is 3.22. The van der Waals surface area contributed by atoms with E-state index in [1.165, 1.54) is 5.56 Å². The van der Waals surface area contributed by atoms with Crippen molar-refractivity contribution in [3.63, 3.8) is 0 Å². The third-order valence-electron chi connectivity index (χ3n) is 4.18. The monoisotopic (exact) mass is 349 g/mol. The number of ether oxygens (including phenoxy) is 1. The highest BCUT2D eigenvalue weighted by atomic mass is 32.1. The summed E-state index contributed by atoms with van der Waals surface area (Å²) >= 11 is 1.67. The van der Waals surface area contributed by atoms with Gasteiger partial charge in [-0.2, -0.15) is 16.4 Å². The number of nitrogens with zero attached hydrogens (tertiary/aromatic N) is 3. The number of thiophene rings is 1. The summed E-state index contributed by atoms with van der Waals surface area (Å²) in [4.78, 5) is 16.7. The Kier molecular flexibility index (Phi) is 5.47.